The molecule has 0 bridgehead atoms. The van der Waals surface area contributed by atoms with Crippen LogP contribution in [0.25, 0.3) is 0 Å². The lowest BCUT2D eigenvalue weighted by Crippen LogP contribution is -2.32. The number of halogens is 1. The van der Waals surface area contributed by atoms with Crippen molar-refractivity contribution in [3.63, 3.8) is 0 Å². The Kier molecular flexibility index (Phi) is 7.14. The van der Waals surface area contributed by atoms with Gasteiger partial charge < -0.3 is 31.6 Å². The van der Waals surface area contributed by atoms with Crippen LogP contribution in [-0.2, 0) is 4.79 Å². The summed E-state index contributed by atoms with van der Waals surface area (Å²) in [5, 5.41) is 26.9. The van der Waals surface area contributed by atoms with Crippen molar-refractivity contribution in [2.45, 2.75) is 6.04 Å². The molecule has 0 fully saturated rings. The van der Waals surface area contributed by atoms with Crippen molar-refractivity contribution in [3.05, 3.63) is 64.2 Å². The van der Waals surface area contributed by atoms with Crippen molar-refractivity contribution < 1.29 is 14.3 Å². The number of guanidine groups is 1. The smallest absolute Gasteiger partial charge is 0.262 e. The van der Waals surface area contributed by atoms with E-state index in [0.717, 1.165) is 0 Å². The van der Waals surface area contributed by atoms with E-state index in [4.69, 9.17) is 37.8 Å². The van der Waals surface area contributed by atoms with Crippen molar-refractivity contribution >= 4 is 46.5 Å². The molecular formula is C24H20ClN9O3. The number of carbonyl (C=O) groups is 1. The van der Waals surface area contributed by atoms with Crippen molar-refractivity contribution in [1.29, 1.82) is 10.5 Å². The predicted molar refractivity (Wildman–Crippen MR) is 138 cm³/mol. The van der Waals surface area contributed by atoms with Crippen LogP contribution in [0.5, 0.6) is 11.5 Å². The summed E-state index contributed by atoms with van der Waals surface area (Å²) in [6, 6.07) is 13.0. The zero-order valence-corrected chi connectivity index (χ0v) is 20.1. The molecule has 3 aromatic rings. The number of fused-ring (bicyclic) bond motifs is 1. The minimum Gasteiger partial charge on any atom is -0.493 e. The molecule has 0 spiro atoms. The van der Waals surface area contributed by atoms with Crippen molar-refractivity contribution in [2.24, 2.45) is 4.99 Å². The molecule has 2 heterocycles. The lowest BCUT2D eigenvalue weighted by molar-refractivity contribution is -0.118. The van der Waals surface area contributed by atoms with E-state index in [9.17, 15) is 10.1 Å². The second-order valence-electron chi connectivity index (χ2n) is 7.63. The first-order chi connectivity index (χ1) is 17.9. The van der Waals surface area contributed by atoms with Crippen molar-refractivity contribution in [1.82, 2.24) is 10.3 Å². The highest BCUT2D eigenvalue weighted by molar-refractivity contribution is 6.33. The molecule has 7 N–H and O–H groups in total. The number of nitrogens with zero attached hydrogens (tertiary/aromatic N) is 4. The second-order valence-corrected chi connectivity index (χ2v) is 8.04. The van der Waals surface area contributed by atoms with Gasteiger partial charge in [0.25, 0.3) is 5.91 Å². The van der Waals surface area contributed by atoms with Crippen LogP contribution in [0.4, 0.5) is 23.0 Å². The molecule has 12 nitrogen and oxygen atoms in total. The maximum Gasteiger partial charge on any atom is 0.262 e. The van der Waals surface area contributed by atoms with E-state index in [1.54, 1.807) is 48.7 Å². The topological polar surface area (TPSA) is 196 Å². The molecular weight excluding hydrogens is 498 g/mol. The maximum atomic E-state index is 12.4. The number of ether oxygens (including phenoxy) is 2. The molecule has 0 aliphatic carbocycles. The Morgan fingerprint density at radius 3 is 2.70 bits per heavy atom. The van der Waals surface area contributed by atoms with Crippen LogP contribution in [0.15, 0.2) is 47.5 Å². The van der Waals surface area contributed by atoms with Gasteiger partial charge in [-0.05, 0) is 29.8 Å². The number of para-hydroxylation sites is 1. The number of amides is 1. The summed E-state index contributed by atoms with van der Waals surface area (Å²) in [7, 11) is 1.45. The lowest BCUT2D eigenvalue weighted by Gasteiger charge is -2.26. The van der Waals surface area contributed by atoms with Gasteiger partial charge in [-0.15, -0.1) is 0 Å². The number of nitrogen functional groups attached to an aromatic ring is 2. The number of hydrogen-bond acceptors (Lipinski definition) is 11. The molecule has 186 valence electrons. The number of nitrogens with one attached hydrogen (secondary N) is 3. The largest absolute Gasteiger partial charge is 0.493 e. The molecule has 0 radical (unpaired) electrons. The van der Waals surface area contributed by atoms with Crippen LogP contribution in [0.2, 0.25) is 5.02 Å². The van der Waals surface area contributed by atoms with Gasteiger partial charge in [0.05, 0.1) is 23.5 Å². The number of benzene rings is 2. The maximum absolute atomic E-state index is 12.4. The number of anilines is 4. The highest BCUT2D eigenvalue weighted by Crippen LogP contribution is 2.42. The first kappa shape index (κ1) is 24.9. The Balaban J connectivity index is 1.63. The fraction of sp³-hybridized carbons (Fsp3) is 0.125. The Labute approximate surface area is 216 Å². The molecule has 2 aromatic carbocycles. The van der Waals surface area contributed by atoms with Gasteiger partial charge in [0, 0.05) is 5.56 Å². The van der Waals surface area contributed by atoms with Gasteiger partial charge in [-0.1, -0.05) is 29.8 Å². The van der Waals surface area contributed by atoms with Gasteiger partial charge in [-0.3, -0.25) is 10.1 Å². The van der Waals surface area contributed by atoms with Gasteiger partial charge in [0.1, 0.15) is 29.3 Å². The first-order valence-electron chi connectivity index (χ1n) is 10.7. The number of nitrogens with two attached hydrogens (primary N) is 2. The minimum absolute atomic E-state index is 0.0221. The molecule has 13 heteroatoms. The quantitative estimate of drug-likeness (QED) is 0.239. The summed E-state index contributed by atoms with van der Waals surface area (Å²) in [5.41, 5.74) is 13.7. The summed E-state index contributed by atoms with van der Waals surface area (Å²) in [5.74, 6) is 0.517. The van der Waals surface area contributed by atoms with Crippen molar-refractivity contribution in [3.8, 4) is 23.8 Å². The van der Waals surface area contributed by atoms with E-state index >= 15 is 0 Å². The summed E-state index contributed by atoms with van der Waals surface area (Å²) in [4.78, 5) is 21.1. The predicted octanol–water partition coefficient (Wildman–Crippen LogP) is 2.74. The monoisotopic (exact) mass is 517 g/mol. The highest BCUT2D eigenvalue weighted by Gasteiger charge is 2.30. The fourth-order valence-electron chi connectivity index (χ4n) is 3.69. The van der Waals surface area contributed by atoms with E-state index in [1.807, 2.05) is 6.07 Å². The van der Waals surface area contributed by atoms with Crippen LogP contribution in [0, 0.1) is 22.8 Å². The number of nitriles is 2. The Morgan fingerprint density at radius 2 is 2.00 bits per heavy atom. The van der Waals surface area contributed by atoms with E-state index in [1.165, 1.54) is 7.11 Å². The van der Waals surface area contributed by atoms with E-state index < -0.39 is 11.9 Å². The number of aliphatic imine (C=N–C) groups is 1. The average molecular weight is 518 g/mol. The molecule has 1 amide bonds. The standard InChI is InChI=1S/C24H20ClN9O3/c1-36-17-8-12(6-7-16(17)37-10-18(35)31-15-5-3-2-4-14(15)25)21-19-20(28)13(9-26)22(29)33-23(19)34-24(32-21)30-11-27/h2-8,21H,10H2,1H3,(H,31,35)(H6,28,29,30,32,33,34). The number of methoxy groups -OCH3 is 1. The molecule has 1 aliphatic rings. The summed E-state index contributed by atoms with van der Waals surface area (Å²) < 4.78 is 11.1. The summed E-state index contributed by atoms with van der Waals surface area (Å²) in [6.45, 7) is -0.298. The molecule has 0 saturated heterocycles. The van der Waals surface area contributed by atoms with E-state index in [0.29, 0.717) is 33.3 Å². The number of carbonyl (C=O) groups excluding carboxylic acids is 1. The zero-order valence-electron chi connectivity index (χ0n) is 19.4. The molecule has 37 heavy (non-hydrogen) atoms. The zero-order chi connectivity index (χ0) is 26.5. The Bertz CT molecular complexity index is 1490. The number of rotatable bonds is 6. The molecule has 1 atom stereocenters. The highest BCUT2D eigenvalue weighted by atomic mass is 35.5. The number of aromatic nitrogens is 1. The summed E-state index contributed by atoms with van der Waals surface area (Å²) in [6.07, 6.45) is 1.80. The molecule has 1 aliphatic heterocycles. The molecule has 1 aromatic heterocycles. The Morgan fingerprint density at radius 1 is 1.22 bits per heavy atom. The van der Waals surface area contributed by atoms with Crippen LogP contribution in [0.1, 0.15) is 22.7 Å². The Hall–Kier alpha value is -5.20. The van der Waals surface area contributed by atoms with E-state index in [-0.39, 0.29) is 35.5 Å². The average Bonchev–Trinajstić information content (AvgIpc) is 2.88. The lowest BCUT2D eigenvalue weighted by atomic mass is 9.95. The van der Waals surface area contributed by atoms with Crippen LogP contribution >= 0.6 is 11.6 Å². The number of hydrogen-bond donors (Lipinski definition) is 5. The van der Waals surface area contributed by atoms with Crippen molar-refractivity contribution in [2.75, 3.05) is 35.8 Å². The third-order valence-corrected chi connectivity index (χ3v) is 5.70. The first-order valence-corrected chi connectivity index (χ1v) is 11.1. The van der Waals surface area contributed by atoms with Gasteiger partial charge in [-0.25, -0.2) is 9.98 Å². The molecule has 0 saturated carbocycles. The normalized spacial score (nSPS) is 13.6. The fourth-order valence-corrected chi connectivity index (χ4v) is 3.87. The van der Waals surface area contributed by atoms with E-state index in [2.05, 4.69) is 25.9 Å². The van der Waals surface area contributed by atoms with Gasteiger partial charge >= 0.3 is 0 Å². The third-order valence-electron chi connectivity index (χ3n) is 5.37. The third kappa shape index (κ3) is 5.10. The van der Waals surface area contributed by atoms with Crippen LogP contribution in [0.3, 0.4) is 0 Å². The SMILES string of the molecule is COc1cc(C2N=C(NC#N)Nc3nc(N)c(C#N)c(N)c32)ccc1OCC(=O)Nc1ccccc1Cl. The summed E-state index contributed by atoms with van der Waals surface area (Å²) >= 11 is 6.08. The minimum atomic E-state index is -0.765. The van der Waals surface area contributed by atoms with Crippen LogP contribution < -0.4 is 36.9 Å². The molecule has 1 unspecified atom stereocenters. The molecule has 4 rings (SSSR count). The van der Waals surface area contributed by atoms with Gasteiger partial charge in [0.2, 0.25) is 5.96 Å². The van der Waals surface area contributed by atoms with Crippen LogP contribution in [-0.4, -0.2) is 30.6 Å². The van der Waals surface area contributed by atoms with Gasteiger partial charge in [0.15, 0.2) is 24.3 Å². The second kappa shape index (κ2) is 10.6. The number of pyridine rings is 1. The van der Waals surface area contributed by atoms with Gasteiger partial charge in [-0.2, -0.15) is 10.5 Å².